The predicted molar refractivity (Wildman–Crippen MR) is 108 cm³/mol. The van der Waals surface area contributed by atoms with Crippen molar-refractivity contribution in [3.63, 3.8) is 0 Å². The van der Waals surface area contributed by atoms with Gasteiger partial charge >= 0.3 is 11.9 Å². The van der Waals surface area contributed by atoms with E-state index >= 15 is 0 Å². The zero-order valence-electron chi connectivity index (χ0n) is 15.6. The maximum atomic E-state index is 12.5. The Balaban J connectivity index is 2.32. The Morgan fingerprint density at radius 1 is 1.39 bits per heavy atom. The van der Waals surface area contributed by atoms with E-state index < -0.39 is 24.1 Å². The van der Waals surface area contributed by atoms with Crippen molar-refractivity contribution >= 4 is 40.9 Å². The molecule has 2 rings (SSSR count). The van der Waals surface area contributed by atoms with Gasteiger partial charge in [-0.1, -0.05) is 12.2 Å². The number of esters is 2. The molecule has 0 saturated heterocycles. The monoisotopic (exact) mass is 429 g/mol. The van der Waals surface area contributed by atoms with Crippen molar-refractivity contribution in [1.82, 2.24) is 5.32 Å². The molecule has 1 aliphatic heterocycles. The van der Waals surface area contributed by atoms with Crippen LogP contribution in [-0.2, 0) is 20.0 Å². The van der Waals surface area contributed by atoms with Crippen LogP contribution in [0, 0.1) is 0 Å². The standard InChI is InChI=1S/C18H23NO7S2/c1-24-11-5-12-13(15(21)6-11)8-28-9-14(18(23)25-2)19-16(27)4-3-10(20)7-26-17(12)22/h5-6,10,14,20-21H,3-4,7-9H2,1-2H3,(H,19,27)/t10-,14+/m1/s1. The highest BCUT2D eigenvalue weighted by Gasteiger charge is 2.24. The number of rotatable bonds is 2. The molecular weight excluding hydrogens is 406 g/mol. The molecule has 154 valence electrons. The minimum Gasteiger partial charge on any atom is -0.507 e. The first-order valence-corrected chi connectivity index (χ1v) is 10.1. The summed E-state index contributed by atoms with van der Waals surface area (Å²) in [6, 6.07) is 2.19. The number of ether oxygens (including phenoxy) is 3. The topological polar surface area (TPSA) is 114 Å². The molecule has 0 unspecified atom stereocenters. The number of methoxy groups -OCH3 is 2. The van der Waals surface area contributed by atoms with Gasteiger partial charge in [0, 0.05) is 29.6 Å². The lowest BCUT2D eigenvalue weighted by molar-refractivity contribution is -0.142. The highest BCUT2D eigenvalue weighted by molar-refractivity contribution is 7.98. The van der Waals surface area contributed by atoms with E-state index in [0.717, 1.165) is 0 Å². The molecule has 1 aromatic carbocycles. The molecule has 3 N–H and O–H groups in total. The number of cyclic esters (lactones) is 1. The number of hydrogen-bond acceptors (Lipinski definition) is 9. The average Bonchev–Trinajstić information content (AvgIpc) is 2.69. The number of aromatic hydroxyl groups is 1. The van der Waals surface area contributed by atoms with Crippen LogP contribution in [0.4, 0.5) is 0 Å². The summed E-state index contributed by atoms with van der Waals surface area (Å²) in [6.07, 6.45) is -0.325. The van der Waals surface area contributed by atoms with Crippen LogP contribution in [0.3, 0.4) is 0 Å². The number of aliphatic hydroxyl groups is 1. The third-order valence-electron chi connectivity index (χ3n) is 4.12. The number of phenolic OH excluding ortho intramolecular Hbond substituents is 1. The Kier molecular flexibility index (Phi) is 8.34. The normalized spacial score (nSPS) is 21.5. The van der Waals surface area contributed by atoms with Crippen LogP contribution in [0.5, 0.6) is 11.5 Å². The molecule has 1 aliphatic rings. The van der Waals surface area contributed by atoms with Gasteiger partial charge in [-0.3, -0.25) is 0 Å². The number of phenols is 1. The summed E-state index contributed by atoms with van der Waals surface area (Å²) in [5, 5.41) is 23.3. The van der Waals surface area contributed by atoms with Gasteiger partial charge in [0.2, 0.25) is 0 Å². The molecular formula is C18H23NO7S2. The molecule has 1 aromatic rings. The van der Waals surface area contributed by atoms with E-state index in [4.69, 9.17) is 26.4 Å². The highest BCUT2D eigenvalue weighted by Crippen LogP contribution is 2.32. The van der Waals surface area contributed by atoms with Crippen molar-refractivity contribution in [3.05, 3.63) is 23.3 Å². The number of thiocarbonyl (C=S) groups is 1. The van der Waals surface area contributed by atoms with Crippen LogP contribution in [0.1, 0.15) is 28.8 Å². The lowest BCUT2D eigenvalue weighted by Gasteiger charge is -2.20. The number of thioether (sulfide) groups is 1. The number of benzene rings is 1. The highest BCUT2D eigenvalue weighted by atomic mass is 32.2. The van der Waals surface area contributed by atoms with Gasteiger partial charge < -0.3 is 29.7 Å². The molecule has 0 aliphatic carbocycles. The van der Waals surface area contributed by atoms with E-state index in [1.165, 1.54) is 38.1 Å². The fourth-order valence-electron chi connectivity index (χ4n) is 2.57. The first kappa shape index (κ1) is 22.3. The molecule has 0 radical (unpaired) electrons. The van der Waals surface area contributed by atoms with E-state index in [0.29, 0.717) is 28.5 Å². The lowest BCUT2D eigenvalue weighted by Crippen LogP contribution is -2.43. The van der Waals surface area contributed by atoms with Crippen molar-refractivity contribution < 1.29 is 34.0 Å². The number of hydrogen-bond donors (Lipinski definition) is 3. The van der Waals surface area contributed by atoms with Crippen LogP contribution in [0.25, 0.3) is 0 Å². The van der Waals surface area contributed by atoms with Crippen molar-refractivity contribution in [2.24, 2.45) is 0 Å². The van der Waals surface area contributed by atoms with Gasteiger partial charge in [-0.25, -0.2) is 9.59 Å². The summed E-state index contributed by atoms with van der Waals surface area (Å²) in [4.78, 5) is 24.9. The summed E-state index contributed by atoms with van der Waals surface area (Å²) < 4.78 is 15.1. The Labute approximate surface area is 172 Å². The average molecular weight is 430 g/mol. The molecule has 0 saturated carbocycles. The smallest absolute Gasteiger partial charge is 0.338 e. The van der Waals surface area contributed by atoms with Crippen LogP contribution < -0.4 is 10.1 Å². The largest absolute Gasteiger partial charge is 0.507 e. The van der Waals surface area contributed by atoms with E-state index in [1.807, 2.05) is 0 Å². The number of nitrogens with one attached hydrogen (secondary N) is 1. The van der Waals surface area contributed by atoms with E-state index in [2.05, 4.69) is 5.32 Å². The third-order valence-corrected chi connectivity index (χ3v) is 5.50. The minimum absolute atomic E-state index is 0.121. The maximum absolute atomic E-state index is 12.5. The zero-order valence-corrected chi connectivity index (χ0v) is 17.2. The summed E-state index contributed by atoms with van der Waals surface area (Å²) in [5.41, 5.74) is 0.500. The van der Waals surface area contributed by atoms with E-state index in [-0.39, 0.29) is 30.1 Å². The molecule has 0 aromatic heterocycles. The Hall–Kier alpha value is -2.04. The van der Waals surface area contributed by atoms with Gasteiger partial charge in [0.15, 0.2) is 0 Å². The fourth-order valence-corrected chi connectivity index (χ4v) is 3.91. The SMILES string of the molecule is COC(=O)[C@@H]1CSCc2c(O)cc(OC)cc2C(=O)OC[C@H](O)CCC(=S)N1. The van der Waals surface area contributed by atoms with E-state index in [9.17, 15) is 19.8 Å². The molecule has 2 atom stereocenters. The number of fused-ring (bicyclic) bond motifs is 1. The van der Waals surface area contributed by atoms with Crippen LogP contribution in [-0.4, -0.2) is 65.9 Å². The summed E-state index contributed by atoms with van der Waals surface area (Å²) in [7, 11) is 2.71. The lowest BCUT2D eigenvalue weighted by atomic mass is 10.1. The Morgan fingerprint density at radius 2 is 2.14 bits per heavy atom. The van der Waals surface area contributed by atoms with Gasteiger partial charge in [0.1, 0.15) is 24.1 Å². The first-order valence-electron chi connectivity index (χ1n) is 8.55. The molecule has 28 heavy (non-hydrogen) atoms. The van der Waals surface area contributed by atoms with Gasteiger partial charge in [0.05, 0.1) is 30.9 Å². The minimum atomic E-state index is -0.916. The van der Waals surface area contributed by atoms with Crippen LogP contribution in [0.2, 0.25) is 0 Å². The first-order chi connectivity index (χ1) is 13.3. The summed E-state index contributed by atoms with van der Waals surface area (Å²) in [6.45, 7) is -0.216. The van der Waals surface area contributed by atoms with Gasteiger partial charge in [-0.05, 0) is 12.5 Å². The number of carbonyl (C=O) groups excluding carboxylic acids is 2. The van der Waals surface area contributed by atoms with E-state index in [1.54, 1.807) is 0 Å². The summed E-state index contributed by atoms with van der Waals surface area (Å²) in [5.74, 6) is -0.420. The molecule has 0 amide bonds. The number of aliphatic hydroxyl groups excluding tert-OH is 1. The summed E-state index contributed by atoms with van der Waals surface area (Å²) >= 11 is 6.55. The van der Waals surface area contributed by atoms with Crippen LogP contribution in [0.15, 0.2) is 12.1 Å². The molecule has 0 bridgehead atoms. The van der Waals surface area contributed by atoms with Gasteiger partial charge in [-0.15, -0.1) is 0 Å². The Bertz CT molecular complexity index is 741. The van der Waals surface area contributed by atoms with Crippen molar-refractivity contribution in [2.45, 2.75) is 30.7 Å². The maximum Gasteiger partial charge on any atom is 0.338 e. The quantitative estimate of drug-likeness (QED) is 0.471. The second-order valence-corrected chi connectivity index (χ2v) is 7.65. The van der Waals surface area contributed by atoms with Crippen molar-refractivity contribution in [1.29, 1.82) is 0 Å². The zero-order chi connectivity index (χ0) is 20.7. The predicted octanol–water partition coefficient (Wildman–Crippen LogP) is 1.40. The number of carbonyl (C=O) groups is 2. The second kappa shape index (κ2) is 10.5. The Morgan fingerprint density at radius 3 is 2.82 bits per heavy atom. The van der Waals surface area contributed by atoms with Gasteiger partial charge in [0.25, 0.3) is 0 Å². The van der Waals surface area contributed by atoms with Gasteiger partial charge in [-0.2, -0.15) is 11.8 Å². The molecule has 8 nitrogen and oxygen atoms in total. The second-order valence-electron chi connectivity index (χ2n) is 6.12. The fraction of sp³-hybridized carbons (Fsp3) is 0.500. The van der Waals surface area contributed by atoms with Crippen molar-refractivity contribution in [2.75, 3.05) is 26.6 Å². The molecule has 0 spiro atoms. The van der Waals surface area contributed by atoms with Crippen molar-refractivity contribution in [3.8, 4) is 11.5 Å². The van der Waals surface area contributed by atoms with Crippen LogP contribution >= 0.6 is 24.0 Å². The molecule has 0 fully saturated rings. The third kappa shape index (κ3) is 5.98. The molecule has 1 heterocycles. The molecule has 10 heteroatoms.